The van der Waals surface area contributed by atoms with Crippen LogP contribution in [0.25, 0.3) is 0 Å². The van der Waals surface area contributed by atoms with E-state index in [1.807, 2.05) is 6.92 Å². The molecule has 86 valence electrons. The van der Waals surface area contributed by atoms with Crippen LogP contribution in [0, 0.1) is 5.92 Å². The molecule has 2 heterocycles. The van der Waals surface area contributed by atoms with Gasteiger partial charge in [-0.15, -0.1) is 11.3 Å². The van der Waals surface area contributed by atoms with Crippen LogP contribution in [0.4, 0.5) is 0 Å². The first kappa shape index (κ1) is 11.1. The fourth-order valence-electron chi connectivity index (χ4n) is 1.98. The van der Waals surface area contributed by atoms with Gasteiger partial charge < -0.3 is 10.0 Å². The summed E-state index contributed by atoms with van der Waals surface area (Å²) in [6.07, 6.45) is 0.576. The number of carbonyl (C=O) groups excluding carboxylic acids is 1. The summed E-state index contributed by atoms with van der Waals surface area (Å²) >= 11 is 1.21. The molecule has 5 heteroatoms. The Kier molecular flexibility index (Phi) is 2.96. The van der Waals surface area contributed by atoms with Gasteiger partial charge in [-0.1, -0.05) is 6.92 Å². The molecule has 1 N–H and O–H groups in total. The first-order valence-corrected chi connectivity index (χ1v) is 6.03. The first-order chi connectivity index (χ1) is 7.58. The number of nitrogens with zero attached hydrogens (tertiary/aromatic N) is 1. The number of carboxylic acids is 1. The van der Waals surface area contributed by atoms with Crippen LogP contribution in [-0.2, 0) is 11.3 Å². The van der Waals surface area contributed by atoms with Gasteiger partial charge in [-0.2, -0.15) is 0 Å². The van der Waals surface area contributed by atoms with Gasteiger partial charge in [0.1, 0.15) is 4.88 Å². The molecule has 1 amide bonds. The van der Waals surface area contributed by atoms with Crippen molar-refractivity contribution in [3.05, 3.63) is 21.9 Å². The van der Waals surface area contributed by atoms with Crippen LogP contribution in [0.1, 0.15) is 28.6 Å². The maximum atomic E-state index is 11.6. The average Bonchev–Trinajstić information content (AvgIpc) is 2.75. The molecular weight excluding hydrogens is 226 g/mol. The SMILES string of the molecule is CC1CC(=O)N(Cc2ccsc2C(=O)O)C1. The van der Waals surface area contributed by atoms with E-state index in [9.17, 15) is 9.59 Å². The van der Waals surface area contributed by atoms with Gasteiger partial charge in [0.05, 0.1) is 0 Å². The van der Waals surface area contributed by atoms with E-state index in [1.54, 1.807) is 16.3 Å². The Labute approximate surface area is 97.5 Å². The van der Waals surface area contributed by atoms with Crippen molar-refractivity contribution in [3.8, 4) is 0 Å². The Bertz CT molecular complexity index is 427. The molecule has 0 saturated carbocycles. The molecule has 0 bridgehead atoms. The maximum absolute atomic E-state index is 11.6. The average molecular weight is 239 g/mol. The lowest BCUT2D eigenvalue weighted by Gasteiger charge is -2.15. The lowest BCUT2D eigenvalue weighted by Crippen LogP contribution is -2.24. The summed E-state index contributed by atoms with van der Waals surface area (Å²) in [6.45, 7) is 3.19. The molecule has 1 saturated heterocycles. The summed E-state index contributed by atoms with van der Waals surface area (Å²) in [4.78, 5) is 24.6. The number of hydrogen-bond donors (Lipinski definition) is 1. The minimum absolute atomic E-state index is 0.120. The second-order valence-electron chi connectivity index (χ2n) is 4.16. The summed E-state index contributed by atoms with van der Waals surface area (Å²) in [5.74, 6) is -0.417. The zero-order valence-corrected chi connectivity index (χ0v) is 9.79. The van der Waals surface area contributed by atoms with Crippen molar-refractivity contribution in [2.75, 3.05) is 6.54 Å². The highest BCUT2D eigenvalue weighted by atomic mass is 32.1. The van der Waals surface area contributed by atoms with Crippen molar-refractivity contribution >= 4 is 23.2 Å². The molecule has 0 spiro atoms. The van der Waals surface area contributed by atoms with Gasteiger partial charge in [0.2, 0.25) is 5.91 Å². The molecule has 4 nitrogen and oxygen atoms in total. The summed E-state index contributed by atoms with van der Waals surface area (Å²) in [7, 11) is 0. The minimum Gasteiger partial charge on any atom is -0.477 e. The summed E-state index contributed by atoms with van der Waals surface area (Å²) in [5, 5.41) is 10.7. The van der Waals surface area contributed by atoms with E-state index in [2.05, 4.69) is 0 Å². The van der Waals surface area contributed by atoms with E-state index in [4.69, 9.17) is 5.11 Å². The molecule has 1 fully saturated rings. The van der Waals surface area contributed by atoms with Gasteiger partial charge in [0, 0.05) is 19.5 Å². The van der Waals surface area contributed by atoms with Crippen molar-refractivity contribution in [3.63, 3.8) is 0 Å². The topological polar surface area (TPSA) is 57.6 Å². The van der Waals surface area contributed by atoms with Crippen molar-refractivity contribution in [1.82, 2.24) is 4.90 Å². The monoisotopic (exact) mass is 239 g/mol. The van der Waals surface area contributed by atoms with Crippen molar-refractivity contribution in [1.29, 1.82) is 0 Å². The Morgan fingerprint density at radius 2 is 2.44 bits per heavy atom. The summed E-state index contributed by atoms with van der Waals surface area (Å²) in [6, 6.07) is 1.78. The zero-order chi connectivity index (χ0) is 11.7. The van der Waals surface area contributed by atoms with Crippen molar-refractivity contribution < 1.29 is 14.7 Å². The Hall–Kier alpha value is -1.36. The first-order valence-electron chi connectivity index (χ1n) is 5.15. The van der Waals surface area contributed by atoms with E-state index in [-0.39, 0.29) is 5.91 Å². The van der Waals surface area contributed by atoms with E-state index in [1.165, 1.54) is 11.3 Å². The fourth-order valence-corrected chi connectivity index (χ4v) is 2.73. The second-order valence-corrected chi connectivity index (χ2v) is 5.08. The number of likely N-dealkylation sites (tertiary alicyclic amines) is 1. The molecule has 1 aromatic rings. The largest absolute Gasteiger partial charge is 0.477 e. The molecule has 1 aromatic heterocycles. The quantitative estimate of drug-likeness (QED) is 0.875. The Morgan fingerprint density at radius 1 is 1.69 bits per heavy atom. The third kappa shape index (κ3) is 2.09. The van der Waals surface area contributed by atoms with Gasteiger partial charge in [0.15, 0.2) is 0 Å². The highest BCUT2D eigenvalue weighted by Gasteiger charge is 2.27. The molecule has 1 unspecified atom stereocenters. The van der Waals surface area contributed by atoms with E-state index < -0.39 is 5.97 Å². The highest BCUT2D eigenvalue weighted by molar-refractivity contribution is 7.12. The zero-order valence-electron chi connectivity index (χ0n) is 8.97. The van der Waals surface area contributed by atoms with Crippen molar-refractivity contribution in [2.24, 2.45) is 5.92 Å². The third-order valence-electron chi connectivity index (χ3n) is 2.71. The van der Waals surface area contributed by atoms with E-state index in [0.29, 0.717) is 23.8 Å². The standard InChI is InChI=1S/C11H13NO3S/c1-7-4-9(13)12(5-7)6-8-2-3-16-10(8)11(14)15/h2-3,7H,4-6H2,1H3,(H,14,15). The Balaban J connectivity index is 2.12. The van der Waals surface area contributed by atoms with Gasteiger partial charge in [-0.3, -0.25) is 4.79 Å². The number of thiophene rings is 1. The normalized spacial score (nSPS) is 20.4. The molecule has 0 radical (unpaired) electrons. The van der Waals surface area contributed by atoms with Crippen LogP contribution in [-0.4, -0.2) is 28.4 Å². The molecule has 16 heavy (non-hydrogen) atoms. The second kappa shape index (κ2) is 4.25. The lowest BCUT2D eigenvalue weighted by atomic mass is 10.2. The molecule has 1 aliphatic rings. The minimum atomic E-state index is -0.912. The summed E-state index contributed by atoms with van der Waals surface area (Å²) < 4.78 is 0. The number of carbonyl (C=O) groups is 2. The predicted molar refractivity (Wildman–Crippen MR) is 60.5 cm³/mol. The van der Waals surface area contributed by atoms with Crippen molar-refractivity contribution in [2.45, 2.75) is 19.9 Å². The highest BCUT2D eigenvalue weighted by Crippen LogP contribution is 2.23. The van der Waals surface area contributed by atoms with Gasteiger partial charge >= 0.3 is 5.97 Å². The molecule has 1 atom stereocenters. The molecule has 1 aliphatic heterocycles. The molecule has 0 aliphatic carbocycles. The van der Waals surface area contributed by atoms with Crippen LogP contribution in [0.5, 0.6) is 0 Å². The van der Waals surface area contributed by atoms with Crippen LogP contribution < -0.4 is 0 Å². The number of carboxylic acid groups (broad SMARTS) is 1. The Morgan fingerprint density at radius 3 is 3.00 bits per heavy atom. The molecule has 2 rings (SSSR count). The molecule has 0 aromatic carbocycles. The van der Waals surface area contributed by atoms with E-state index in [0.717, 1.165) is 12.1 Å². The predicted octanol–water partition coefficient (Wildman–Crippen LogP) is 1.81. The lowest BCUT2D eigenvalue weighted by molar-refractivity contribution is -0.128. The van der Waals surface area contributed by atoms with Crippen LogP contribution in [0.15, 0.2) is 11.4 Å². The van der Waals surface area contributed by atoms with Gasteiger partial charge in [-0.05, 0) is 22.9 Å². The van der Waals surface area contributed by atoms with Crippen LogP contribution in [0.3, 0.4) is 0 Å². The van der Waals surface area contributed by atoms with E-state index >= 15 is 0 Å². The smallest absolute Gasteiger partial charge is 0.346 e. The van der Waals surface area contributed by atoms with Crippen LogP contribution in [0.2, 0.25) is 0 Å². The number of rotatable bonds is 3. The maximum Gasteiger partial charge on any atom is 0.346 e. The third-order valence-corrected chi connectivity index (χ3v) is 3.65. The van der Waals surface area contributed by atoms with Gasteiger partial charge in [0.25, 0.3) is 0 Å². The fraction of sp³-hybridized carbons (Fsp3) is 0.455. The number of hydrogen-bond acceptors (Lipinski definition) is 3. The molecular formula is C11H13NO3S. The number of amides is 1. The van der Waals surface area contributed by atoms with Crippen LogP contribution >= 0.6 is 11.3 Å². The van der Waals surface area contributed by atoms with Gasteiger partial charge in [-0.25, -0.2) is 4.79 Å². The summed E-state index contributed by atoms with van der Waals surface area (Å²) in [5.41, 5.74) is 0.736. The number of aromatic carboxylic acids is 1.